The summed E-state index contributed by atoms with van der Waals surface area (Å²) >= 11 is 0. The minimum Gasteiger partial charge on any atom is -0.497 e. The maximum Gasteiger partial charge on any atom is 0.118 e. The van der Waals surface area contributed by atoms with Crippen LogP contribution in [0.5, 0.6) is 5.75 Å². The van der Waals surface area contributed by atoms with Crippen molar-refractivity contribution in [2.24, 2.45) is 5.92 Å². The van der Waals surface area contributed by atoms with Gasteiger partial charge in [-0.25, -0.2) is 0 Å². The maximum absolute atomic E-state index is 5.20. The van der Waals surface area contributed by atoms with E-state index in [1.54, 1.807) is 7.11 Å². The minimum absolute atomic E-state index is 0. The first-order valence-electron chi connectivity index (χ1n) is 7.95. The van der Waals surface area contributed by atoms with Crippen molar-refractivity contribution in [2.75, 3.05) is 7.11 Å². The van der Waals surface area contributed by atoms with Crippen LogP contribution in [-0.2, 0) is 12.8 Å². The Morgan fingerprint density at radius 2 is 1.55 bits per heavy atom. The fraction of sp³-hybridized carbons (Fsp3) is 0.400. The number of halogens is 1. The van der Waals surface area contributed by atoms with Gasteiger partial charge >= 0.3 is 0 Å². The van der Waals surface area contributed by atoms with Crippen molar-refractivity contribution < 1.29 is 4.74 Å². The van der Waals surface area contributed by atoms with Gasteiger partial charge in [0.25, 0.3) is 0 Å². The summed E-state index contributed by atoms with van der Waals surface area (Å²) in [6, 6.07) is 19.2. The molecular weight excluding hydrogens is 292 g/mol. The molecule has 0 aliphatic rings. The second-order valence-corrected chi connectivity index (χ2v) is 5.89. The summed E-state index contributed by atoms with van der Waals surface area (Å²) in [6.45, 7) is 2.35. The Hall–Kier alpha value is -1.47. The van der Waals surface area contributed by atoms with Crippen LogP contribution in [0, 0.1) is 5.92 Å². The Labute approximate surface area is 141 Å². The molecule has 0 saturated heterocycles. The molecule has 0 spiro atoms. The van der Waals surface area contributed by atoms with Gasteiger partial charge in [-0.05, 0) is 48.4 Å². The number of hydrogen-bond acceptors (Lipinski definition) is 1. The molecule has 2 aromatic rings. The van der Waals surface area contributed by atoms with Crippen molar-refractivity contribution in [1.29, 1.82) is 0 Å². The smallest absolute Gasteiger partial charge is 0.118 e. The first kappa shape index (κ1) is 18.6. The molecule has 1 nitrogen and oxygen atoms in total. The van der Waals surface area contributed by atoms with Crippen molar-refractivity contribution in [3.63, 3.8) is 0 Å². The lowest BCUT2D eigenvalue weighted by Crippen LogP contribution is -2.00. The van der Waals surface area contributed by atoms with E-state index in [0.717, 1.165) is 18.1 Å². The third-order valence-corrected chi connectivity index (χ3v) is 4.00. The van der Waals surface area contributed by atoms with Gasteiger partial charge in [0.2, 0.25) is 0 Å². The highest BCUT2D eigenvalue weighted by Crippen LogP contribution is 2.18. The van der Waals surface area contributed by atoms with E-state index in [4.69, 9.17) is 4.74 Å². The van der Waals surface area contributed by atoms with E-state index in [9.17, 15) is 0 Å². The van der Waals surface area contributed by atoms with Crippen LogP contribution in [0.2, 0.25) is 0 Å². The van der Waals surface area contributed by atoms with Crippen molar-refractivity contribution in [3.8, 4) is 5.75 Å². The SMILES string of the molecule is COc1ccc(C[C@H](C)CCCCc2ccccc2)cc1.Cl. The highest BCUT2D eigenvalue weighted by molar-refractivity contribution is 5.85. The van der Waals surface area contributed by atoms with Crippen molar-refractivity contribution in [2.45, 2.75) is 39.0 Å². The van der Waals surface area contributed by atoms with Gasteiger partial charge in [-0.15, -0.1) is 12.4 Å². The van der Waals surface area contributed by atoms with E-state index in [2.05, 4.69) is 61.5 Å². The molecule has 0 radical (unpaired) electrons. The van der Waals surface area contributed by atoms with Crippen molar-refractivity contribution in [1.82, 2.24) is 0 Å². The lowest BCUT2D eigenvalue weighted by Gasteiger charge is -2.12. The quantitative estimate of drug-likeness (QED) is 0.566. The topological polar surface area (TPSA) is 9.23 Å². The van der Waals surface area contributed by atoms with Crippen LogP contribution in [-0.4, -0.2) is 7.11 Å². The Morgan fingerprint density at radius 1 is 0.864 bits per heavy atom. The summed E-state index contributed by atoms with van der Waals surface area (Å²) in [5, 5.41) is 0. The number of ether oxygens (including phenoxy) is 1. The van der Waals surface area contributed by atoms with Crippen LogP contribution in [0.15, 0.2) is 54.6 Å². The molecular formula is C20H27ClO. The molecule has 1 atom stereocenters. The van der Waals surface area contributed by atoms with Gasteiger partial charge in [0.15, 0.2) is 0 Å². The fourth-order valence-electron chi connectivity index (χ4n) is 2.73. The Bertz CT molecular complexity index is 507. The van der Waals surface area contributed by atoms with E-state index in [-0.39, 0.29) is 12.4 Å². The maximum atomic E-state index is 5.20. The Balaban J connectivity index is 0.00000242. The molecule has 0 N–H and O–H groups in total. The number of benzene rings is 2. The predicted molar refractivity (Wildman–Crippen MR) is 97.1 cm³/mol. The molecule has 2 heteroatoms. The monoisotopic (exact) mass is 318 g/mol. The molecule has 0 aliphatic carbocycles. The van der Waals surface area contributed by atoms with Crippen molar-refractivity contribution in [3.05, 3.63) is 65.7 Å². The summed E-state index contributed by atoms with van der Waals surface area (Å²) in [5.41, 5.74) is 2.87. The second kappa shape index (κ2) is 10.3. The summed E-state index contributed by atoms with van der Waals surface area (Å²) in [7, 11) is 1.71. The number of rotatable bonds is 8. The average Bonchev–Trinajstić information content (AvgIpc) is 2.53. The number of hydrogen-bond donors (Lipinski definition) is 0. The van der Waals surface area contributed by atoms with Crippen LogP contribution >= 0.6 is 12.4 Å². The van der Waals surface area contributed by atoms with Gasteiger partial charge in [0, 0.05) is 0 Å². The van der Waals surface area contributed by atoms with E-state index in [0.29, 0.717) is 0 Å². The van der Waals surface area contributed by atoms with Crippen molar-refractivity contribution >= 4 is 12.4 Å². The third kappa shape index (κ3) is 6.53. The first-order valence-corrected chi connectivity index (χ1v) is 7.95. The van der Waals surface area contributed by atoms with Gasteiger partial charge in [0.05, 0.1) is 7.11 Å². The van der Waals surface area contributed by atoms with Crippen LogP contribution in [0.3, 0.4) is 0 Å². The standard InChI is InChI=1S/C20H26O.ClH/c1-17(16-19-12-14-20(21-2)15-13-19)8-6-7-11-18-9-4-3-5-10-18;/h3-5,9-10,12-15,17H,6-8,11,16H2,1-2H3;1H/t17-;/m1./s1. The number of methoxy groups -OCH3 is 1. The normalized spacial score (nSPS) is 11.5. The highest BCUT2D eigenvalue weighted by atomic mass is 35.5. The van der Waals surface area contributed by atoms with E-state index >= 15 is 0 Å². The molecule has 0 aromatic heterocycles. The molecule has 0 saturated carbocycles. The lowest BCUT2D eigenvalue weighted by molar-refractivity contribution is 0.414. The molecule has 0 heterocycles. The minimum atomic E-state index is 0. The zero-order valence-electron chi connectivity index (χ0n) is 13.6. The van der Waals surface area contributed by atoms with Gasteiger partial charge < -0.3 is 4.74 Å². The highest BCUT2D eigenvalue weighted by Gasteiger charge is 2.04. The molecule has 0 aliphatic heterocycles. The van der Waals surface area contributed by atoms with Crippen LogP contribution in [0.1, 0.15) is 37.3 Å². The molecule has 22 heavy (non-hydrogen) atoms. The Kier molecular flexibility index (Phi) is 8.69. The van der Waals surface area contributed by atoms with Gasteiger partial charge in [0.1, 0.15) is 5.75 Å². The fourth-order valence-corrected chi connectivity index (χ4v) is 2.73. The zero-order valence-corrected chi connectivity index (χ0v) is 14.4. The first-order chi connectivity index (χ1) is 10.3. The second-order valence-electron chi connectivity index (χ2n) is 5.89. The lowest BCUT2D eigenvalue weighted by atomic mass is 9.95. The number of unbranched alkanes of at least 4 members (excludes halogenated alkanes) is 1. The largest absolute Gasteiger partial charge is 0.497 e. The van der Waals surface area contributed by atoms with Crippen LogP contribution < -0.4 is 4.74 Å². The molecule has 0 amide bonds. The van der Waals surface area contributed by atoms with Gasteiger partial charge in [-0.1, -0.05) is 62.2 Å². The average molecular weight is 319 g/mol. The van der Waals surface area contributed by atoms with E-state index in [1.165, 1.54) is 36.8 Å². The third-order valence-electron chi connectivity index (χ3n) is 4.00. The van der Waals surface area contributed by atoms with Crippen LogP contribution in [0.25, 0.3) is 0 Å². The molecule has 120 valence electrons. The zero-order chi connectivity index (χ0) is 14.9. The summed E-state index contributed by atoms with van der Waals surface area (Å²) in [6.07, 6.45) is 6.27. The molecule has 0 fully saturated rings. The van der Waals surface area contributed by atoms with Gasteiger partial charge in [-0.2, -0.15) is 0 Å². The predicted octanol–water partition coefficient (Wildman–Crippen LogP) is 5.71. The molecule has 2 aromatic carbocycles. The molecule has 2 rings (SSSR count). The molecule has 0 bridgehead atoms. The Morgan fingerprint density at radius 3 is 2.18 bits per heavy atom. The van der Waals surface area contributed by atoms with E-state index in [1.807, 2.05) is 0 Å². The van der Waals surface area contributed by atoms with Crippen LogP contribution in [0.4, 0.5) is 0 Å². The molecule has 0 unspecified atom stereocenters. The van der Waals surface area contributed by atoms with E-state index < -0.39 is 0 Å². The summed E-state index contributed by atoms with van der Waals surface area (Å²) in [4.78, 5) is 0. The summed E-state index contributed by atoms with van der Waals surface area (Å²) < 4.78 is 5.20. The summed E-state index contributed by atoms with van der Waals surface area (Å²) in [5.74, 6) is 1.68. The number of aryl methyl sites for hydroxylation is 1. The van der Waals surface area contributed by atoms with Gasteiger partial charge in [-0.3, -0.25) is 0 Å².